The lowest BCUT2D eigenvalue weighted by Gasteiger charge is -2.10. The molecule has 1 aromatic carbocycles. The Labute approximate surface area is 152 Å². The van der Waals surface area contributed by atoms with Crippen molar-refractivity contribution in [2.45, 2.75) is 26.8 Å². The molecule has 1 N–H and O–H groups in total. The Bertz CT molecular complexity index is 935. The van der Waals surface area contributed by atoms with Gasteiger partial charge >= 0.3 is 5.97 Å². The molecule has 2 heterocycles. The van der Waals surface area contributed by atoms with Gasteiger partial charge in [0.05, 0.1) is 17.6 Å². The van der Waals surface area contributed by atoms with Crippen molar-refractivity contribution >= 4 is 28.6 Å². The molecule has 0 saturated heterocycles. The first-order valence-electron chi connectivity index (χ1n) is 8.74. The van der Waals surface area contributed by atoms with Gasteiger partial charge in [-0.15, -0.1) is 0 Å². The summed E-state index contributed by atoms with van der Waals surface area (Å²) in [7, 11) is 1.90. The summed E-state index contributed by atoms with van der Waals surface area (Å²) in [5, 5.41) is 2.88. The van der Waals surface area contributed by atoms with Crippen molar-refractivity contribution in [2.24, 2.45) is 7.05 Å². The van der Waals surface area contributed by atoms with Crippen molar-refractivity contribution in [1.82, 2.24) is 9.13 Å². The molecule has 0 atom stereocenters. The topological polar surface area (TPSA) is 65.3 Å². The predicted molar refractivity (Wildman–Crippen MR) is 101 cm³/mol. The van der Waals surface area contributed by atoms with Gasteiger partial charge in [0.15, 0.2) is 0 Å². The first kappa shape index (κ1) is 17.8. The van der Waals surface area contributed by atoms with Crippen molar-refractivity contribution in [2.75, 3.05) is 11.9 Å². The van der Waals surface area contributed by atoms with Crippen LogP contribution in [0, 0.1) is 0 Å². The van der Waals surface area contributed by atoms with Crippen LogP contribution in [0.2, 0.25) is 0 Å². The number of hydrogen-bond donors (Lipinski definition) is 1. The molecule has 2 aromatic heterocycles. The number of ether oxygens (including phenoxy) is 1. The van der Waals surface area contributed by atoms with E-state index in [4.69, 9.17) is 4.74 Å². The number of nitrogens with zero attached hydrogens (tertiary/aromatic N) is 2. The van der Waals surface area contributed by atoms with Gasteiger partial charge in [-0.05, 0) is 43.2 Å². The SMILES string of the molecule is CCOC(=O)c1cc2c(ccn2C)n1CC(=O)Nc1ccc(CC)cc1. The molecule has 6 heteroatoms. The van der Waals surface area contributed by atoms with Gasteiger partial charge in [0.2, 0.25) is 5.91 Å². The molecular formula is C20H23N3O3. The summed E-state index contributed by atoms with van der Waals surface area (Å²) < 4.78 is 8.74. The summed E-state index contributed by atoms with van der Waals surface area (Å²) in [6.07, 6.45) is 2.85. The highest BCUT2D eigenvalue weighted by atomic mass is 16.5. The molecule has 0 radical (unpaired) electrons. The van der Waals surface area contributed by atoms with E-state index in [1.165, 1.54) is 5.56 Å². The number of benzene rings is 1. The lowest BCUT2D eigenvalue weighted by Crippen LogP contribution is -2.22. The molecule has 0 aliphatic carbocycles. The minimum atomic E-state index is -0.427. The van der Waals surface area contributed by atoms with Crippen LogP contribution in [0.3, 0.4) is 0 Å². The van der Waals surface area contributed by atoms with Crippen LogP contribution in [-0.4, -0.2) is 27.6 Å². The van der Waals surface area contributed by atoms with Gasteiger partial charge in [0, 0.05) is 18.9 Å². The molecule has 0 fully saturated rings. The lowest BCUT2D eigenvalue weighted by atomic mass is 10.1. The van der Waals surface area contributed by atoms with Gasteiger partial charge in [-0.25, -0.2) is 4.79 Å². The van der Waals surface area contributed by atoms with Crippen LogP contribution in [0.4, 0.5) is 5.69 Å². The van der Waals surface area contributed by atoms with Crippen molar-refractivity contribution < 1.29 is 14.3 Å². The number of hydrogen-bond acceptors (Lipinski definition) is 3. The third-order valence-electron chi connectivity index (χ3n) is 4.39. The average molecular weight is 353 g/mol. The molecule has 0 unspecified atom stereocenters. The minimum Gasteiger partial charge on any atom is -0.461 e. The van der Waals surface area contributed by atoms with E-state index < -0.39 is 5.97 Å². The van der Waals surface area contributed by atoms with E-state index in [1.54, 1.807) is 17.6 Å². The van der Waals surface area contributed by atoms with Gasteiger partial charge in [-0.2, -0.15) is 0 Å². The van der Waals surface area contributed by atoms with Gasteiger partial charge in [0.1, 0.15) is 12.2 Å². The molecule has 136 valence electrons. The van der Waals surface area contributed by atoms with E-state index in [-0.39, 0.29) is 19.1 Å². The van der Waals surface area contributed by atoms with Crippen LogP contribution in [-0.2, 0) is 29.5 Å². The van der Waals surface area contributed by atoms with Crippen LogP contribution < -0.4 is 5.32 Å². The Morgan fingerprint density at radius 2 is 1.81 bits per heavy atom. The van der Waals surface area contributed by atoms with Gasteiger partial charge in [-0.3, -0.25) is 4.79 Å². The second-order valence-electron chi connectivity index (χ2n) is 6.13. The summed E-state index contributed by atoms with van der Waals surface area (Å²) in [5.74, 6) is -0.620. The number of rotatable bonds is 6. The summed E-state index contributed by atoms with van der Waals surface area (Å²) in [6.45, 7) is 4.17. The van der Waals surface area contributed by atoms with E-state index in [2.05, 4.69) is 12.2 Å². The Balaban J connectivity index is 1.85. The Hall–Kier alpha value is -3.02. The summed E-state index contributed by atoms with van der Waals surface area (Å²) >= 11 is 0. The number of carbonyl (C=O) groups excluding carboxylic acids is 2. The molecule has 3 aromatic rings. The monoisotopic (exact) mass is 353 g/mol. The highest BCUT2D eigenvalue weighted by molar-refractivity contribution is 5.97. The fourth-order valence-corrected chi connectivity index (χ4v) is 2.98. The lowest BCUT2D eigenvalue weighted by molar-refractivity contribution is -0.116. The number of carbonyl (C=O) groups is 2. The van der Waals surface area contributed by atoms with E-state index in [9.17, 15) is 9.59 Å². The van der Waals surface area contributed by atoms with Crippen LogP contribution in [0.5, 0.6) is 0 Å². The maximum absolute atomic E-state index is 12.5. The van der Waals surface area contributed by atoms with Crippen molar-refractivity contribution in [3.63, 3.8) is 0 Å². The fraction of sp³-hybridized carbons (Fsp3) is 0.300. The number of anilines is 1. The number of nitrogens with one attached hydrogen (secondary N) is 1. The highest BCUT2D eigenvalue weighted by Crippen LogP contribution is 2.22. The maximum Gasteiger partial charge on any atom is 0.355 e. The quantitative estimate of drug-likeness (QED) is 0.691. The number of esters is 1. The van der Waals surface area contributed by atoms with Crippen LogP contribution in [0.15, 0.2) is 42.6 Å². The van der Waals surface area contributed by atoms with E-state index in [0.29, 0.717) is 5.69 Å². The Morgan fingerprint density at radius 3 is 2.46 bits per heavy atom. The zero-order valence-electron chi connectivity index (χ0n) is 15.3. The van der Waals surface area contributed by atoms with E-state index in [0.717, 1.165) is 23.1 Å². The Kier molecular flexibility index (Phi) is 5.11. The molecule has 0 spiro atoms. The van der Waals surface area contributed by atoms with Crippen LogP contribution >= 0.6 is 0 Å². The van der Waals surface area contributed by atoms with Crippen molar-refractivity contribution in [3.05, 3.63) is 53.9 Å². The second-order valence-corrected chi connectivity index (χ2v) is 6.13. The number of fused-ring (bicyclic) bond motifs is 1. The molecule has 0 aliphatic heterocycles. The number of aryl methyl sites for hydroxylation is 2. The van der Waals surface area contributed by atoms with E-state index >= 15 is 0 Å². The molecule has 26 heavy (non-hydrogen) atoms. The molecule has 0 bridgehead atoms. The van der Waals surface area contributed by atoms with E-state index in [1.807, 2.05) is 48.1 Å². The third kappa shape index (κ3) is 3.49. The summed E-state index contributed by atoms with van der Waals surface area (Å²) in [5.41, 5.74) is 4.04. The van der Waals surface area contributed by atoms with Crippen LogP contribution in [0.1, 0.15) is 29.9 Å². The predicted octanol–water partition coefficient (Wildman–Crippen LogP) is 3.36. The van der Waals surface area contributed by atoms with Crippen molar-refractivity contribution in [1.29, 1.82) is 0 Å². The van der Waals surface area contributed by atoms with Crippen molar-refractivity contribution in [3.8, 4) is 0 Å². The minimum absolute atomic E-state index is 0.0389. The molecule has 0 aliphatic rings. The molecule has 3 rings (SSSR count). The number of amides is 1. The summed E-state index contributed by atoms with van der Waals surface area (Å²) in [6, 6.07) is 11.4. The first-order chi connectivity index (χ1) is 12.5. The van der Waals surface area contributed by atoms with Crippen LogP contribution in [0.25, 0.3) is 11.0 Å². The largest absolute Gasteiger partial charge is 0.461 e. The highest BCUT2D eigenvalue weighted by Gasteiger charge is 2.20. The second kappa shape index (κ2) is 7.47. The Morgan fingerprint density at radius 1 is 1.08 bits per heavy atom. The normalized spacial score (nSPS) is 10.9. The average Bonchev–Trinajstić information content (AvgIpc) is 3.16. The molecular weight excluding hydrogens is 330 g/mol. The first-order valence-corrected chi connectivity index (χ1v) is 8.74. The third-order valence-corrected chi connectivity index (χ3v) is 4.39. The molecule has 1 amide bonds. The standard InChI is InChI=1S/C20H23N3O3/c1-4-14-6-8-15(9-7-14)21-19(24)13-23-16-10-11-22(3)17(16)12-18(23)20(25)26-5-2/h6-12H,4-5,13H2,1-3H3,(H,21,24). The molecule has 6 nitrogen and oxygen atoms in total. The zero-order valence-corrected chi connectivity index (χ0v) is 15.3. The van der Waals surface area contributed by atoms with Gasteiger partial charge in [0.25, 0.3) is 0 Å². The smallest absolute Gasteiger partial charge is 0.355 e. The number of aromatic nitrogens is 2. The zero-order chi connectivity index (χ0) is 18.7. The molecule has 0 saturated carbocycles. The maximum atomic E-state index is 12.5. The summed E-state index contributed by atoms with van der Waals surface area (Å²) in [4.78, 5) is 24.8. The van der Waals surface area contributed by atoms with Gasteiger partial charge in [-0.1, -0.05) is 19.1 Å². The van der Waals surface area contributed by atoms with Gasteiger partial charge < -0.3 is 19.2 Å². The fourth-order valence-electron chi connectivity index (χ4n) is 2.98.